The third kappa shape index (κ3) is 1.54. The Kier molecular flexibility index (Phi) is 2.54. The molecule has 0 aliphatic heterocycles. The lowest BCUT2D eigenvalue weighted by Gasteiger charge is -2.07. The minimum absolute atomic E-state index is 0.0795. The van der Waals surface area contributed by atoms with Gasteiger partial charge >= 0.3 is 0 Å². The van der Waals surface area contributed by atoms with Crippen molar-refractivity contribution in [2.75, 3.05) is 6.61 Å². The van der Waals surface area contributed by atoms with Gasteiger partial charge in [-0.05, 0) is 12.1 Å². The number of imidazole rings is 1. The Labute approximate surface area is 89.5 Å². The Bertz CT molecular complexity index is 454. The first-order chi connectivity index (χ1) is 6.72. The van der Waals surface area contributed by atoms with Crippen LogP contribution in [0.3, 0.4) is 0 Å². The van der Waals surface area contributed by atoms with E-state index >= 15 is 0 Å². The molecule has 5 heteroatoms. The maximum Gasteiger partial charge on any atom is 0.138 e. The van der Waals surface area contributed by atoms with E-state index in [1.54, 1.807) is 6.20 Å². The number of fused-ring (bicyclic) bond motifs is 1. The average Bonchev–Trinajstić information content (AvgIpc) is 2.59. The summed E-state index contributed by atoms with van der Waals surface area (Å²) in [4.78, 5) is 4.19. The zero-order valence-corrected chi connectivity index (χ0v) is 8.98. The fourth-order valence-corrected chi connectivity index (χ4v) is 1.67. The standard InChI is InChI=1S/C9H10BrN3O/c10-6-1-2-13-8(7(11)5-14)4-12-9(13)3-6/h1-4,7,14H,5,11H2. The smallest absolute Gasteiger partial charge is 0.138 e. The normalized spacial score (nSPS) is 13.4. The van der Waals surface area contributed by atoms with Crippen LogP contribution in [0.1, 0.15) is 11.7 Å². The molecule has 0 aliphatic carbocycles. The molecule has 0 aliphatic rings. The highest BCUT2D eigenvalue weighted by Crippen LogP contribution is 2.16. The number of halogens is 1. The second-order valence-corrected chi connectivity index (χ2v) is 3.96. The van der Waals surface area contributed by atoms with Crippen LogP contribution in [0.25, 0.3) is 5.65 Å². The average molecular weight is 256 g/mol. The summed E-state index contributed by atoms with van der Waals surface area (Å²) < 4.78 is 2.84. The second kappa shape index (κ2) is 3.68. The minimum Gasteiger partial charge on any atom is -0.394 e. The summed E-state index contributed by atoms with van der Waals surface area (Å²) >= 11 is 3.36. The maximum absolute atomic E-state index is 8.95. The van der Waals surface area contributed by atoms with Crippen molar-refractivity contribution < 1.29 is 5.11 Å². The summed E-state index contributed by atoms with van der Waals surface area (Å²) in [5.74, 6) is 0. The van der Waals surface area contributed by atoms with E-state index in [0.29, 0.717) is 0 Å². The van der Waals surface area contributed by atoms with Crippen LogP contribution in [0, 0.1) is 0 Å². The Morgan fingerprint density at radius 2 is 2.43 bits per heavy atom. The number of pyridine rings is 1. The summed E-state index contributed by atoms with van der Waals surface area (Å²) in [6.07, 6.45) is 3.56. The lowest BCUT2D eigenvalue weighted by Crippen LogP contribution is -2.16. The summed E-state index contributed by atoms with van der Waals surface area (Å²) in [6.45, 7) is -0.0795. The first-order valence-electron chi connectivity index (χ1n) is 4.21. The summed E-state index contributed by atoms with van der Waals surface area (Å²) in [7, 11) is 0. The van der Waals surface area contributed by atoms with E-state index in [1.807, 2.05) is 22.7 Å². The molecule has 3 N–H and O–H groups in total. The van der Waals surface area contributed by atoms with Crippen LogP contribution < -0.4 is 5.73 Å². The van der Waals surface area contributed by atoms with Crippen molar-refractivity contribution in [2.45, 2.75) is 6.04 Å². The topological polar surface area (TPSA) is 63.5 Å². The van der Waals surface area contributed by atoms with Crippen molar-refractivity contribution in [3.8, 4) is 0 Å². The molecule has 0 saturated heterocycles. The molecular formula is C9H10BrN3O. The fourth-order valence-electron chi connectivity index (χ4n) is 1.34. The number of rotatable bonds is 2. The van der Waals surface area contributed by atoms with Crippen LogP contribution in [-0.2, 0) is 0 Å². The van der Waals surface area contributed by atoms with Crippen LogP contribution in [0.15, 0.2) is 29.0 Å². The molecule has 14 heavy (non-hydrogen) atoms. The molecule has 0 spiro atoms. The summed E-state index contributed by atoms with van der Waals surface area (Å²) in [5, 5.41) is 8.95. The van der Waals surface area contributed by atoms with Gasteiger partial charge < -0.3 is 15.2 Å². The molecule has 4 nitrogen and oxygen atoms in total. The number of nitrogens with two attached hydrogens (primary N) is 1. The zero-order valence-electron chi connectivity index (χ0n) is 7.39. The molecule has 1 unspecified atom stereocenters. The molecule has 2 heterocycles. The highest BCUT2D eigenvalue weighted by Gasteiger charge is 2.10. The van der Waals surface area contributed by atoms with E-state index in [9.17, 15) is 0 Å². The van der Waals surface area contributed by atoms with Crippen molar-refractivity contribution in [3.63, 3.8) is 0 Å². The first kappa shape index (κ1) is 9.64. The quantitative estimate of drug-likeness (QED) is 0.845. The predicted molar refractivity (Wildman–Crippen MR) is 56.9 cm³/mol. The molecule has 0 radical (unpaired) electrons. The van der Waals surface area contributed by atoms with Crippen molar-refractivity contribution in [1.82, 2.24) is 9.38 Å². The Hall–Kier alpha value is -0.910. The maximum atomic E-state index is 8.95. The lowest BCUT2D eigenvalue weighted by atomic mass is 10.2. The number of aliphatic hydroxyl groups excluding tert-OH is 1. The van der Waals surface area contributed by atoms with Gasteiger partial charge in [-0.15, -0.1) is 0 Å². The molecule has 1 atom stereocenters. The van der Waals surface area contributed by atoms with E-state index in [4.69, 9.17) is 10.8 Å². The van der Waals surface area contributed by atoms with Gasteiger partial charge in [0.15, 0.2) is 0 Å². The number of nitrogens with zero attached hydrogens (tertiary/aromatic N) is 2. The Morgan fingerprint density at radius 3 is 3.14 bits per heavy atom. The van der Waals surface area contributed by atoms with E-state index in [-0.39, 0.29) is 12.6 Å². The van der Waals surface area contributed by atoms with E-state index in [1.165, 1.54) is 0 Å². The van der Waals surface area contributed by atoms with Gasteiger partial charge in [0.2, 0.25) is 0 Å². The third-order valence-electron chi connectivity index (χ3n) is 2.08. The van der Waals surface area contributed by atoms with Gasteiger partial charge in [0.05, 0.1) is 24.5 Å². The highest BCUT2D eigenvalue weighted by atomic mass is 79.9. The largest absolute Gasteiger partial charge is 0.394 e. The highest BCUT2D eigenvalue weighted by molar-refractivity contribution is 9.10. The molecule has 74 valence electrons. The Balaban J connectivity index is 2.58. The molecule has 2 aromatic rings. The molecule has 2 aromatic heterocycles. The number of hydrogen-bond donors (Lipinski definition) is 2. The number of aliphatic hydroxyl groups is 1. The fraction of sp³-hybridized carbons (Fsp3) is 0.222. The van der Waals surface area contributed by atoms with Crippen molar-refractivity contribution in [1.29, 1.82) is 0 Å². The SMILES string of the molecule is NC(CO)c1cnc2cc(Br)ccn12. The summed E-state index contributed by atoms with van der Waals surface area (Å²) in [6, 6.07) is 3.42. The van der Waals surface area contributed by atoms with Gasteiger partial charge in [-0.3, -0.25) is 0 Å². The van der Waals surface area contributed by atoms with Crippen LogP contribution in [0.4, 0.5) is 0 Å². The molecule has 0 aromatic carbocycles. The van der Waals surface area contributed by atoms with Crippen molar-refractivity contribution >= 4 is 21.6 Å². The monoisotopic (exact) mass is 255 g/mol. The van der Waals surface area contributed by atoms with Crippen LogP contribution in [0.2, 0.25) is 0 Å². The molecule has 0 amide bonds. The number of hydrogen-bond acceptors (Lipinski definition) is 3. The Morgan fingerprint density at radius 1 is 1.64 bits per heavy atom. The third-order valence-corrected chi connectivity index (χ3v) is 2.57. The van der Waals surface area contributed by atoms with Gasteiger partial charge in [-0.1, -0.05) is 15.9 Å². The molecule has 0 saturated carbocycles. The van der Waals surface area contributed by atoms with Gasteiger partial charge in [0, 0.05) is 10.7 Å². The molecular weight excluding hydrogens is 246 g/mol. The van der Waals surface area contributed by atoms with Crippen LogP contribution in [-0.4, -0.2) is 21.1 Å². The van der Waals surface area contributed by atoms with E-state index in [2.05, 4.69) is 20.9 Å². The van der Waals surface area contributed by atoms with Crippen molar-refractivity contribution in [2.24, 2.45) is 5.73 Å². The lowest BCUT2D eigenvalue weighted by molar-refractivity contribution is 0.265. The first-order valence-corrected chi connectivity index (χ1v) is 5.00. The predicted octanol–water partition coefficient (Wildman–Crippen LogP) is 1.09. The molecule has 0 bridgehead atoms. The molecule has 0 fully saturated rings. The van der Waals surface area contributed by atoms with Crippen molar-refractivity contribution in [3.05, 3.63) is 34.7 Å². The number of aromatic nitrogens is 2. The second-order valence-electron chi connectivity index (χ2n) is 3.05. The zero-order chi connectivity index (χ0) is 10.1. The van der Waals surface area contributed by atoms with Gasteiger partial charge in [-0.25, -0.2) is 4.98 Å². The van der Waals surface area contributed by atoms with Crippen LogP contribution in [0.5, 0.6) is 0 Å². The van der Waals surface area contributed by atoms with E-state index in [0.717, 1.165) is 15.8 Å². The van der Waals surface area contributed by atoms with Gasteiger partial charge in [-0.2, -0.15) is 0 Å². The van der Waals surface area contributed by atoms with Crippen LogP contribution >= 0.6 is 15.9 Å². The molecule has 2 rings (SSSR count). The van der Waals surface area contributed by atoms with Gasteiger partial charge in [0.1, 0.15) is 5.65 Å². The van der Waals surface area contributed by atoms with E-state index < -0.39 is 0 Å². The van der Waals surface area contributed by atoms with Gasteiger partial charge in [0.25, 0.3) is 0 Å². The summed E-state index contributed by atoms with van der Waals surface area (Å²) in [5.41, 5.74) is 7.35. The minimum atomic E-state index is -0.383.